The topological polar surface area (TPSA) is 113 Å². The fraction of sp³-hybridized carbons (Fsp3) is 0.105. The molecule has 0 spiro atoms. The van der Waals surface area contributed by atoms with Crippen LogP contribution in [0.25, 0.3) is 10.9 Å². The van der Waals surface area contributed by atoms with Crippen molar-refractivity contribution >= 4 is 23.0 Å². The van der Waals surface area contributed by atoms with Crippen LogP contribution in [0.15, 0.2) is 52.4 Å². The van der Waals surface area contributed by atoms with E-state index in [1.807, 2.05) is 0 Å². The van der Waals surface area contributed by atoms with Gasteiger partial charge in [0.1, 0.15) is 11.3 Å². The van der Waals surface area contributed by atoms with Crippen molar-refractivity contribution in [3.05, 3.63) is 63.9 Å². The van der Waals surface area contributed by atoms with E-state index < -0.39 is 22.8 Å². The summed E-state index contributed by atoms with van der Waals surface area (Å²) in [6.45, 7) is 0. The number of nitrogens with one attached hydrogen (secondary N) is 1. The number of phenols is 1. The summed E-state index contributed by atoms with van der Waals surface area (Å²) in [5.41, 5.74) is 2.27. The second kappa shape index (κ2) is 7.20. The SMILES string of the molecule is COc1cc(/C=N\NC(=O)c2c(O)c3ccccc3n(C)c2=O)ccc1O. The molecule has 138 valence electrons. The number of fused-ring (bicyclic) bond motifs is 1. The minimum Gasteiger partial charge on any atom is -0.506 e. The Kier molecular flexibility index (Phi) is 4.80. The van der Waals surface area contributed by atoms with Crippen molar-refractivity contribution in [1.82, 2.24) is 9.99 Å². The quantitative estimate of drug-likeness (QED) is 0.480. The third kappa shape index (κ3) is 3.32. The van der Waals surface area contributed by atoms with Crippen LogP contribution >= 0.6 is 0 Å². The molecule has 0 radical (unpaired) electrons. The van der Waals surface area contributed by atoms with E-state index >= 15 is 0 Å². The summed E-state index contributed by atoms with van der Waals surface area (Å²) < 4.78 is 6.28. The Labute approximate surface area is 153 Å². The molecule has 1 aromatic heterocycles. The number of phenolic OH excluding ortho intramolecular Hbond substituents is 1. The second-order valence-corrected chi connectivity index (χ2v) is 5.74. The number of rotatable bonds is 4. The van der Waals surface area contributed by atoms with Gasteiger partial charge in [0.25, 0.3) is 11.5 Å². The van der Waals surface area contributed by atoms with Crippen LogP contribution in [0.5, 0.6) is 17.2 Å². The molecule has 0 fully saturated rings. The highest BCUT2D eigenvalue weighted by atomic mass is 16.5. The molecule has 0 atom stereocenters. The number of ether oxygens (including phenoxy) is 1. The number of nitrogens with zero attached hydrogens (tertiary/aromatic N) is 2. The maximum absolute atomic E-state index is 12.4. The summed E-state index contributed by atoms with van der Waals surface area (Å²) in [5, 5.41) is 24.1. The van der Waals surface area contributed by atoms with Gasteiger partial charge in [-0.15, -0.1) is 0 Å². The molecule has 0 saturated carbocycles. The molecule has 2 aromatic carbocycles. The summed E-state index contributed by atoms with van der Waals surface area (Å²) >= 11 is 0. The minimum absolute atomic E-state index is 0.0248. The Morgan fingerprint density at radius 3 is 2.70 bits per heavy atom. The van der Waals surface area contributed by atoms with Gasteiger partial charge in [-0.1, -0.05) is 12.1 Å². The highest BCUT2D eigenvalue weighted by Crippen LogP contribution is 2.26. The van der Waals surface area contributed by atoms with Gasteiger partial charge in [0, 0.05) is 12.4 Å². The molecule has 3 aromatic rings. The molecule has 8 nitrogen and oxygen atoms in total. The number of aromatic nitrogens is 1. The van der Waals surface area contributed by atoms with Crippen LogP contribution in [0, 0.1) is 0 Å². The summed E-state index contributed by atoms with van der Waals surface area (Å²) in [4.78, 5) is 24.8. The standard InChI is InChI=1S/C19H17N3O5/c1-22-13-6-4-3-5-12(13)17(24)16(19(22)26)18(25)21-20-10-11-7-8-14(23)15(9-11)27-2/h3-10,23-24H,1-2H3,(H,21,25)/b20-10-. The van der Waals surface area contributed by atoms with Gasteiger partial charge in [-0.3, -0.25) is 9.59 Å². The molecule has 0 aliphatic rings. The number of pyridine rings is 1. The number of carbonyl (C=O) groups is 1. The number of hydrogen-bond acceptors (Lipinski definition) is 6. The molecule has 0 unspecified atom stereocenters. The summed E-state index contributed by atoms with van der Waals surface area (Å²) in [6.07, 6.45) is 1.32. The predicted octanol–water partition coefficient (Wildman–Crippen LogP) is 1.72. The molecule has 3 N–H and O–H groups in total. The Balaban J connectivity index is 1.90. The van der Waals surface area contributed by atoms with Crippen LogP contribution < -0.4 is 15.7 Å². The van der Waals surface area contributed by atoms with Crippen LogP contribution in [-0.4, -0.2) is 34.0 Å². The van der Waals surface area contributed by atoms with E-state index in [1.165, 1.54) is 37.1 Å². The number of carbonyl (C=O) groups excluding carboxylic acids is 1. The Morgan fingerprint density at radius 1 is 1.22 bits per heavy atom. The van der Waals surface area contributed by atoms with Crippen molar-refractivity contribution in [2.24, 2.45) is 12.1 Å². The van der Waals surface area contributed by atoms with Crippen LogP contribution in [0.3, 0.4) is 0 Å². The number of amides is 1. The fourth-order valence-electron chi connectivity index (χ4n) is 2.68. The molecule has 0 bridgehead atoms. The molecule has 1 amide bonds. The molecule has 1 heterocycles. The number of aryl methyl sites for hydroxylation is 1. The molecule has 3 rings (SSSR count). The maximum atomic E-state index is 12.4. The van der Waals surface area contributed by atoms with Crippen molar-refractivity contribution in [3.8, 4) is 17.2 Å². The number of para-hydroxylation sites is 1. The van der Waals surface area contributed by atoms with Gasteiger partial charge in [0.05, 0.1) is 18.8 Å². The van der Waals surface area contributed by atoms with E-state index in [9.17, 15) is 19.8 Å². The van der Waals surface area contributed by atoms with Gasteiger partial charge in [-0.2, -0.15) is 5.10 Å². The molecule has 0 aliphatic heterocycles. The third-order valence-corrected chi connectivity index (χ3v) is 4.09. The number of hydrazone groups is 1. The van der Waals surface area contributed by atoms with Crippen LogP contribution in [-0.2, 0) is 7.05 Å². The molecule has 8 heteroatoms. The van der Waals surface area contributed by atoms with Gasteiger partial charge in [-0.25, -0.2) is 5.43 Å². The Bertz CT molecular complexity index is 1120. The van der Waals surface area contributed by atoms with E-state index in [0.717, 1.165) is 0 Å². The van der Waals surface area contributed by atoms with Gasteiger partial charge >= 0.3 is 0 Å². The van der Waals surface area contributed by atoms with E-state index in [1.54, 1.807) is 30.3 Å². The predicted molar refractivity (Wildman–Crippen MR) is 101 cm³/mol. The first-order chi connectivity index (χ1) is 12.9. The Morgan fingerprint density at radius 2 is 1.96 bits per heavy atom. The molecule has 0 saturated heterocycles. The minimum atomic E-state index is -0.833. The molecular formula is C19H17N3O5. The highest BCUT2D eigenvalue weighted by Gasteiger charge is 2.20. The highest BCUT2D eigenvalue weighted by molar-refractivity contribution is 6.02. The average Bonchev–Trinajstić information content (AvgIpc) is 2.67. The van der Waals surface area contributed by atoms with Crippen molar-refractivity contribution in [3.63, 3.8) is 0 Å². The van der Waals surface area contributed by atoms with E-state index in [4.69, 9.17) is 4.74 Å². The zero-order valence-electron chi connectivity index (χ0n) is 14.6. The van der Waals surface area contributed by atoms with Crippen molar-refractivity contribution in [1.29, 1.82) is 0 Å². The summed E-state index contributed by atoms with van der Waals surface area (Å²) in [5.74, 6) is -0.997. The first-order valence-corrected chi connectivity index (χ1v) is 7.95. The first-order valence-electron chi connectivity index (χ1n) is 7.95. The van der Waals surface area contributed by atoms with Crippen molar-refractivity contribution < 1.29 is 19.7 Å². The Hall–Kier alpha value is -3.81. The van der Waals surface area contributed by atoms with Crippen molar-refractivity contribution in [2.75, 3.05) is 7.11 Å². The van der Waals surface area contributed by atoms with Gasteiger partial charge < -0.3 is 19.5 Å². The summed E-state index contributed by atoms with van der Waals surface area (Å²) in [7, 11) is 2.93. The van der Waals surface area contributed by atoms with E-state index in [0.29, 0.717) is 16.5 Å². The lowest BCUT2D eigenvalue weighted by atomic mass is 10.1. The summed E-state index contributed by atoms with van der Waals surface area (Å²) in [6, 6.07) is 11.2. The number of benzene rings is 2. The normalized spacial score (nSPS) is 11.0. The smallest absolute Gasteiger partial charge is 0.280 e. The van der Waals surface area contributed by atoms with Crippen LogP contribution in [0.1, 0.15) is 15.9 Å². The number of methoxy groups -OCH3 is 1. The van der Waals surface area contributed by atoms with Crippen LogP contribution in [0.4, 0.5) is 0 Å². The molecular weight excluding hydrogens is 350 g/mol. The van der Waals surface area contributed by atoms with Gasteiger partial charge in [0.15, 0.2) is 11.5 Å². The van der Waals surface area contributed by atoms with Gasteiger partial charge in [-0.05, 0) is 35.9 Å². The van der Waals surface area contributed by atoms with E-state index in [-0.39, 0.29) is 11.5 Å². The van der Waals surface area contributed by atoms with E-state index in [2.05, 4.69) is 10.5 Å². The monoisotopic (exact) mass is 367 g/mol. The van der Waals surface area contributed by atoms with Crippen molar-refractivity contribution in [2.45, 2.75) is 0 Å². The average molecular weight is 367 g/mol. The van der Waals surface area contributed by atoms with Gasteiger partial charge in [0.2, 0.25) is 0 Å². The fourth-order valence-corrected chi connectivity index (χ4v) is 2.68. The lowest BCUT2D eigenvalue weighted by Crippen LogP contribution is -2.30. The lowest BCUT2D eigenvalue weighted by molar-refractivity contribution is 0.0950. The first kappa shape index (κ1) is 18.0. The number of hydrogen-bond donors (Lipinski definition) is 3. The molecule has 0 aliphatic carbocycles. The second-order valence-electron chi connectivity index (χ2n) is 5.74. The largest absolute Gasteiger partial charge is 0.506 e. The third-order valence-electron chi connectivity index (χ3n) is 4.09. The molecule has 27 heavy (non-hydrogen) atoms. The zero-order chi connectivity index (χ0) is 19.6. The van der Waals surface area contributed by atoms with Crippen LogP contribution in [0.2, 0.25) is 0 Å². The lowest BCUT2D eigenvalue weighted by Gasteiger charge is -2.10. The zero-order valence-corrected chi connectivity index (χ0v) is 14.6. The maximum Gasteiger partial charge on any atom is 0.280 e. The number of aromatic hydroxyl groups is 2.